The SMILES string of the molecule is COc1ccc(-c2cn[nH]c2-c2ccc([OH2+])cc2O)cc1. The number of nitrogens with zero attached hydrogens (tertiary/aromatic N) is 1. The Balaban J connectivity index is 2.07. The molecule has 21 heavy (non-hydrogen) atoms. The van der Waals surface area contributed by atoms with E-state index in [0.29, 0.717) is 5.56 Å². The quantitative estimate of drug-likeness (QED) is 0.725. The van der Waals surface area contributed by atoms with Crippen molar-refractivity contribution in [3.8, 4) is 39.6 Å². The minimum atomic E-state index is 0.0570. The Kier molecular flexibility index (Phi) is 3.23. The van der Waals surface area contributed by atoms with Crippen molar-refractivity contribution >= 4 is 0 Å². The van der Waals surface area contributed by atoms with E-state index in [2.05, 4.69) is 10.2 Å². The molecular weight excluding hydrogens is 268 g/mol. The third kappa shape index (κ3) is 2.41. The summed E-state index contributed by atoms with van der Waals surface area (Å²) in [4.78, 5) is 0. The largest absolute Gasteiger partial charge is 0.593 e. The summed E-state index contributed by atoms with van der Waals surface area (Å²) in [6.45, 7) is 0. The fraction of sp³-hybridized carbons (Fsp3) is 0.0625. The summed E-state index contributed by atoms with van der Waals surface area (Å²) in [5.74, 6) is 1.11. The summed E-state index contributed by atoms with van der Waals surface area (Å²) in [6, 6.07) is 12.4. The van der Waals surface area contributed by atoms with Gasteiger partial charge in [0.05, 0.1) is 25.1 Å². The molecule has 0 unspecified atom stereocenters. The van der Waals surface area contributed by atoms with Crippen LogP contribution < -0.4 is 4.74 Å². The van der Waals surface area contributed by atoms with E-state index in [4.69, 9.17) is 9.84 Å². The molecule has 5 nitrogen and oxygen atoms in total. The van der Waals surface area contributed by atoms with Crippen LogP contribution >= 0.6 is 0 Å². The standard InChI is InChI=1S/C16H14N2O3/c1-21-12-5-2-10(3-6-12)14-9-17-18-16(14)13-7-4-11(19)8-15(13)20/h2-9,19-20H,1H3,(H,17,18)/p+1. The maximum Gasteiger partial charge on any atom is 0.257 e. The normalized spacial score (nSPS) is 10.5. The first-order chi connectivity index (χ1) is 10.2. The van der Waals surface area contributed by atoms with E-state index in [0.717, 1.165) is 22.6 Å². The fourth-order valence-corrected chi connectivity index (χ4v) is 2.22. The molecule has 0 aliphatic heterocycles. The molecule has 0 saturated heterocycles. The first-order valence-electron chi connectivity index (χ1n) is 6.42. The second kappa shape index (κ2) is 5.20. The molecule has 0 saturated carbocycles. The first kappa shape index (κ1) is 13.1. The Morgan fingerprint density at radius 1 is 1.10 bits per heavy atom. The summed E-state index contributed by atoms with van der Waals surface area (Å²) in [6.07, 6.45) is 1.71. The van der Waals surface area contributed by atoms with Gasteiger partial charge < -0.3 is 14.9 Å². The Hall–Kier alpha value is -2.95. The molecule has 0 aliphatic rings. The topological polar surface area (TPSA) is 81.0 Å². The Morgan fingerprint density at radius 2 is 1.86 bits per heavy atom. The van der Waals surface area contributed by atoms with Crippen molar-refractivity contribution in [2.45, 2.75) is 0 Å². The third-order valence-corrected chi connectivity index (χ3v) is 3.31. The summed E-state index contributed by atoms with van der Waals surface area (Å²) in [5, 5.41) is 24.5. The predicted octanol–water partition coefficient (Wildman–Crippen LogP) is 2.90. The van der Waals surface area contributed by atoms with Gasteiger partial charge in [-0.1, -0.05) is 12.1 Å². The first-order valence-corrected chi connectivity index (χ1v) is 6.42. The van der Waals surface area contributed by atoms with Crippen molar-refractivity contribution in [1.82, 2.24) is 10.2 Å². The molecule has 1 aromatic heterocycles. The zero-order valence-corrected chi connectivity index (χ0v) is 11.4. The number of phenolic OH excluding ortho intramolecular Hbond substituents is 1. The molecule has 0 bridgehead atoms. The van der Waals surface area contributed by atoms with Gasteiger partial charge in [0.15, 0.2) is 0 Å². The number of aromatic nitrogens is 2. The molecule has 0 radical (unpaired) electrons. The molecule has 3 aromatic rings. The number of aromatic amines is 1. The second-order valence-electron chi connectivity index (χ2n) is 4.62. The predicted molar refractivity (Wildman–Crippen MR) is 80.7 cm³/mol. The van der Waals surface area contributed by atoms with Crippen molar-refractivity contribution in [3.63, 3.8) is 0 Å². The minimum Gasteiger partial charge on any atom is -0.593 e. The lowest BCUT2D eigenvalue weighted by atomic mass is 10.0. The molecule has 4 N–H and O–H groups in total. The number of benzene rings is 2. The number of hydrogen-bond donors (Lipinski definition) is 2. The molecule has 0 fully saturated rings. The average molecular weight is 283 g/mol. The maximum absolute atomic E-state index is 10.0. The van der Waals surface area contributed by atoms with Crippen LogP contribution in [0, 0.1) is 0 Å². The van der Waals surface area contributed by atoms with Crippen LogP contribution in [0.2, 0.25) is 0 Å². The van der Waals surface area contributed by atoms with Crippen molar-refractivity contribution in [3.05, 3.63) is 48.7 Å². The number of rotatable bonds is 3. The van der Waals surface area contributed by atoms with Crippen LogP contribution in [-0.4, -0.2) is 27.5 Å². The summed E-state index contributed by atoms with van der Waals surface area (Å²) < 4.78 is 5.15. The van der Waals surface area contributed by atoms with Crippen molar-refractivity contribution in [2.24, 2.45) is 0 Å². The highest BCUT2D eigenvalue weighted by Gasteiger charge is 2.14. The van der Waals surface area contributed by atoms with Crippen molar-refractivity contribution in [1.29, 1.82) is 0 Å². The lowest BCUT2D eigenvalue weighted by Crippen LogP contribution is -1.85. The van der Waals surface area contributed by atoms with Crippen molar-refractivity contribution in [2.75, 3.05) is 7.11 Å². The highest BCUT2D eigenvalue weighted by molar-refractivity contribution is 5.83. The lowest BCUT2D eigenvalue weighted by Gasteiger charge is -2.06. The second-order valence-corrected chi connectivity index (χ2v) is 4.62. The maximum atomic E-state index is 10.0. The van der Waals surface area contributed by atoms with Crippen LogP contribution in [0.15, 0.2) is 48.7 Å². The van der Waals surface area contributed by atoms with Gasteiger partial charge >= 0.3 is 0 Å². The summed E-state index contributed by atoms with van der Waals surface area (Å²) >= 11 is 0. The van der Waals surface area contributed by atoms with E-state index in [-0.39, 0.29) is 11.5 Å². The Morgan fingerprint density at radius 3 is 2.52 bits per heavy atom. The van der Waals surface area contributed by atoms with Gasteiger partial charge in [-0.3, -0.25) is 5.10 Å². The lowest BCUT2D eigenvalue weighted by molar-refractivity contribution is 0.415. The number of hydrogen-bond acceptors (Lipinski definition) is 3. The van der Waals surface area contributed by atoms with Gasteiger partial charge in [-0.15, -0.1) is 0 Å². The van der Waals surface area contributed by atoms with Crippen LogP contribution in [0.3, 0.4) is 0 Å². The van der Waals surface area contributed by atoms with E-state index in [1.165, 1.54) is 6.07 Å². The minimum absolute atomic E-state index is 0.0570. The zero-order valence-electron chi connectivity index (χ0n) is 11.4. The molecule has 2 aromatic carbocycles. The fourth-order valence-electron chi connectivity index (χ4n) is 2.22. The van der Waals surface area contributed by atoms with Gasteiger partial charge in [0.2, 0.25) is 0 Å². The van der Waals surface area contributed by atoms with Gasteiger partial charge in [0.1, 0.15) is 11.5 Å². The van der Waals surface area contributed by atoms with Gasteiger partial charge in [-0.05, 0) is 23.8 Å². The molecule has 5 heteroatoms. The Labute approximate surface area is 121 Å². The molecule has 0 amide bonds. The van der Waals surface area contributed by atoms with Gasteiger partial charge in [0.25, 0.3) is 5.75 Å². The number of H-pyrrole nitrogens is 1. The highest BCUT2D eigenvalue weighted by atomic mass is 16.5. The Bertz CT molecular complexity index is 763. The molecule has 0 spiro atoms. The number of nitrogens with one attached hydrogen (secondary N) is 1. The van der Waals surface area contributed by atoms with E-state index in [9.17, 15) is 5.11 Å². The van der Waals surface area contributed by atoms with E-state index >= 15 is 0 Å². The highest BCUT2D eigenvalue weighted by Crippen LogP contribution is 2.37. The number of methoxy groups -OCH3 is 1. The summed E-state index contributed by atoms with van der Waals surface area (Å²) in [7, 11) is 1.62. The van der Waals surface area contributed by atoms with Gasteiger partial charge in [-0.2, -0.15) is 5.10 Å². The number of aromatic hydroxyl groups is 1. The smallest absolute Gasteiger partial charge is 0.257 e. The third-order valence-electron chi connectivity index (χ3n) is 3.31. The molecule has 106 valence electrons. The van der Waals surface area contributed by atoms with E-state index in [1.54, 1.807) is 25.4 Å². The monoisotopic (exact) mass is 283 g/mol. The molecular formula is C16H15N2O3+. The van der Waals surface area contributed by atoms with Crippen molar-refractivity contribution < 1.29 is 14.9 Å². The van der Waals surface area contributed by atoms with Crippen LogP contribution in [-0.2, 0) is 0 Å². The van der Waals surface area contributed by atoms with E-state index in [1.807, 2.05) is 24.3 Å². The van der Waals surface area contributed by atoms with Crippen LogP contribution in [0.25, 0.3) is 22.4 Å². The van der Waals surface area contributed by atoms with Crippen LogP contribution in [0.1, 0.15) is 0 Å². The van der Waals surface area contributed by atoms with Crippen LogP contribution in [0.5, 0.6) is 17.2 Å². The molecule has 1 heterocycles. The number of ether oxygens (including phenoxy) is 1. The molecule has 0 aliphatic carbocycles. The number of phenols is 1. The van der Waals surface area contributed by atoms with E-state index < -0.39 is 0 Å². The summed E-state index contributed by atoms with van der Waals surface area (Å²) in [5.41, 5.74) is 3.19. The molecule has 3 rings (SSSR count). The average Bonchev–Trinajstić information content (AvgIpc) is 2.96. The zero-order chi connectivity index (χ0) is 14.8. The molecule has 0 atom stereocenters. The van der Waals surface area contributed by atoms with Crippen LogP contribution in [0.4, 0.5) is 0 Å². The van der Waals surface area contributed by atoms with Gasteiger partial charge in [0, 0.05) is 17.2 Å². The van der Waals surface area contributed by atoms with Gasteiger partial charge in [-0.25, -0.2) is 0 Å².